The second-order valence-electron chi connectivity index (χ2n) is 6.97. The van der Waals surface area contributed by atoms with Gasteiger partial charge in [0, 0.05) is 77.1 Å². The van der Waals surface area contributed by atoms with Crippen LogP contribution in [0.5, 0.6) is 0 Å². The van der Waals surface area contributed by atoms with E-state index in [0.29, 0.717) is 71.6 Å². The van der Waals surface area contributed by atoms with Crippen LogP contribution in [0.15, 0.2) is 0 Å². The van der Waals surface area contributed by atoms with Gasteiger partial charge >= 0.3 is 26.4 Å². The third-order valence-corrected chi connectivity index (χ3v) is 15.4. The van der Waals surface area contributed by atoms with Gasteiger partial charge in [-0.15, -0.1) is 0 Å². The molecule has 0 fully saturated rings. The third kappa shape index (κ3) is 10.8. The van der Waals surface area contributed by atoms with Gasteiger partial charge < -0.3 is 39.8 Å². The maximum absolute atomic E-state index is 6.34. The summed E-state index contributed by atoms with van der Waals surface area (Å²) >= 11 is 0. The fourth-order valence-electron chi connectivity index (χ4n) is 3.93. The van der Waals surface area contributed by atoms with Crippen molar-refractivity contribution in [2.75, 3.05) is 59.5 Å². The van der Waals surface area contributed by atoms with Crippen molar-refractivity contribution in [3.05, 3.63) is 0 Å². The summed E-state index contributed by atoms with van der Waals surface area (Å²) < 4.78 is 56.3. The number of hydrogen-bond acceptors (Lipinski definition) is 9. The molecule has 0 amide bonds. The predicted octanol–water partition coefficient (Wildman–Crippen LogP) is 4.50. The molecule has 0 heterocycles. The van der Waals surface area contributed by atoms with Crippen LogP contribution in [0.2, 0.25) is 17.6 Å². The highest BCUT2D eigenvalue weighted by Crippen LogP contribution is 2.42. The summed E-state index contributed by atoms with van der Waals surface area (Å²) in [5, 5.41) is 0. The topological polar surface area (TPSA) is 83.1 Å². The van der Waals surface area contributed by atoms with E-state index in [1.807, 2.05) is 62.3 Å². The fourth-order valence-corrected chi connectivity index (χ4v) is 15.2. The van der Waals surface area contributed by atoms with Gasteiger partial charge in [0.2, 0.25) is 0 Å². The van der Waals surface area contributed by atoms with E-state index >= 15 is 0 Å². The van der Waals surface area contributed by atoms with Gasteiger partial charge in [-0.2, -0.15) is 0 Å². The molecule has 0 saturated heterocycles. The zero-order valence-electron chi connectivity index (χ0n) is 22.5. The Kier molecular flexibility index (Phi) is 18.7. The molecule has 12 heteroatoms. The van der Waals surface area contributed by atoms with E-state index in [4.69, 9.17) is 39.8 Å². The lowest BCUT2D eigenvalue weighted by Crippen LogP contribution is -2.58. The molecular formula is C21H50O9Si3. The molecule has 200 valence electrons. The summed E-state index contributed by atoms with van der Waals surface area (Å²) in [6.07, 6.45) is 0. The minimum Gasteiger partial charge on any atom is -0.374 e. The van der Waals surface area contributed by atoms with Crippen molar-refractivity contribution < 1.29 is 39.8 Å². The summed E-state index contributed by atoms with van der Waals surface area (Å²) in [6.45, 7) is 21.8. The molecule has 0 rings (SSSR count). The number of rotatable bonds is 23. The molecule has 0 radical (unpaired) electrons. The van der Waals surface area contributed by atoms with Gasteiger partial charge in [-0.1, -0.05) is 0 Å². The average Bonchev–Trinajstić information content (AvgIpc) is 2.75. The molecule has 0 bridgehead atoms. The molecule has 0 aliphatic heterocycles. The van der Waals surface area contributed by atoms with Gasteiger partial charge in [0.15, 0.2) is 0 Å². The Morgan fingerprint density at radius 3 is 0.758 bits per heavy atom. The fraction of sp³-hybridized carbons (Fsp3) is 1.00. The van der Waals surface area contributed by atoms with Crippen LogP contribution in [0.1, 0.15) is 62.3 Å². The van der Waals surface area contributed by atoms with Gasteiger partial charge in [0.25, 0.3) is 0 Å². The minimum absolute atomic E-state index is 0.245. The Balaban J connectivity index is 6.64. The molecule has 0 saturated carbocycles. The third-order valence-electron chi connectivity index (χ3n) is 4.71. The van der Waals surface area contributed by atoms with E-state index in [1.165, 1.54) is 0 Å². The second-order valence-corrected chi connectivity index (χ2v) is 15.1. The highest BCUT2D eigenvalue weighted by atomic mass is 28.4. The molecule has 0 unspecified atom stereocenters. The Hall–Kier alpha value is 0.291. The standard InChI is InChI=1S/C21H50O9Si3/c1-10-22-31(23-11-2,24-12-3)19-21(33(28-16-7,29-17-8)30-18-9)20-32(25-13-4,26-14-5)27-15-6/h21H,10-20H2,1-9H3. The molecule has 0 N–H and O–H groups in total. The maximum atomic E-state index is 6.34. The lowest BCUT2D eigenvalue weighted by molar-refractivity contribution is 0.0410. The van der Waals surface area contributed by atoms with Gasteiger partial charge in [-0.25, -0.2) is 0 Å². The van der Waals surface area contributed by atoms with Crippen LogP contribution in [0.25, 0.3) is 0 Å². The Morgan fingerprint density at radius 2 is 0.576 bits per heavy atom. The van der Waals surface area contributed by atoms with Crippen LogP contribution in [0.4, 0.5) is 0 Å². The summed E-state index contributed by atoms with van der Waals surface area (Å²) in [5.41, 5.74) is -0.245. The monoisotopic (exact) mass is 530 g/mol. The van der Waals surface area contributed by atoms with Crippen molar-refractivity contribution in [2.45, 2.75) is 79.9 Å². The first-order valence-electron chi connectivity index (χ1n) is 12.6. The Morgan fingerprint density at radius 1 is 0.364 bits per heavy atom. The quantitative estimate of drug-likeness (QED) is 0.177. The van der Waals surface area contributed by atoms with E-state index in [9.17, 15) is 0 Å². The summed E-state index contributed by atoms with van der Waals surface area (Å²) in [6, 6.07) is 0.938. The van der Waals surface area contributed by atoms with Crippen molar-refractivity contribution in [2.24, 2.45) is 0 Å². The molecule has 9 nitrogen and oxygen atoms in total. The van der Waals surface area contributed by atoms with Gasteiger partial charge in [-0.3, -0.25) is 0 Å². The van der Waals surface area contributed by atoms with Crippen molar-refractivity contribution in [1.29, 1.82) is 0 Å². The number of hydrogen-bond donors (Lipinski definition) is 0. The summed E-state index contributed by atoms with van der Waals surface area (Å²) in [5.74, 6) is 0. The lowest BCUT2D eigenvalue weighted by atomic mass is 10.5. The van der Waals surface area contributed by atoms with E-state index in [1.54, 1.807) is 0 Å². The van der Waals surface area contributed by atoms with Crippen LogP contribution in [0.3, 0.4) is 0 Å². The highest BCUT2D eigenvalue weighted by Gasteiger charge is 2.60. The van der Waals surface area contributed by atoms with Crippen LogP contribution in [-0.2, 0) is 39.8 Å². The Labute approximate surface area is 205 Å². The van der Waals surface area contributed by atoms with Crippen LogP contribution < -0.4 is 0 Å². The smallest absolute Gasteiger partial charge is 0.374 e. The van der Waals surface area contributed by atoms with Crippen molar-refractivity contribution in [3.63, 3.8) is 0 Å². The molecule has 0 aromatic carbocycles. The molecule has 33 heavy (non-hydrogen) atoms. The molecular weight excluding hydrogens is 480 g/mol. The molecule has 0 aromatic rings. The van der Waals surface area contributed by atoms with Crippen LogP contribution >= 0.6 is 0 Å². The second kappa shape index (κ2) is 18.5. The average molecular weight is 531 g/mol. The SMILES string of the molecule is CCO[Si](CC(C[Si](OCC)(OCC)OCC)[Si](OCC)(OCC)OCC)(OCC)OCC. The summed E-state index contributed by atoms with van der Waals surface area (Å²) in [4.78, 5) is 0. The van der Waals surface area contributed by atoms with Crippen molar-refractivity contribution >= 4 is 26.4 Å². The largest absolute Gasteiger partial charge is 0.504 e. The van der Waals surface area contributed by atoms with E-state index < -0.39 is 26.4 Å². The highest BCUT2D eigenvalue weighted by molar-refractivity contribution is 6.71. The van der Waals surface area contributed by atoms with Crippen molar-refractivity contribution in [3.8, 4) is 0 Å². The zero-order chi connectivity index (χ0) is 25.2. The van der Waals surface area contributed by atoms with E-state index in [-0.39, 0.29) is 5.54 Å². The van der Waals surface area contributed by atoms with Gasteiger partial charge in [-0.05, 0) is 62.3 Å². The van der Waals surface area contributed by atoms with Crippen LogP contribution in [-0.4, -0.2) is 85.9 Å². The van der Waals surface area contributed by atoms with E-state index in [2.05, 4.69) is 0 Å². The first-order valence-corrected chi connectivity index (χ1v) is 18.3. The lowest BCUT2D eigenvalue weighted by Gasteiger charge is -2.41. The molecule has 0 aliphatic rings. The van der Waals surface area contributed by atoms with Gasteiger partial charge in [0.05, 0.1) is 0 Å². The predicted molar refractivity (Wildman–Crippen MR) is 135 cm³/mol. The van der Waals surface area contributed by atoms with Crippen molar-refractivity contribution in [1.82, 2.24) is 0 Å². The normalized spacial score (nSPS) is 13.3. The summed E-state index contributed by atoms with van der Waals surface area (Å²) in [7, 11) is -9.38. The Bertz CT molecular complexity index is 395. The van der Waals surface area contributed by atoms with Crippen LogP contribution in [0, 0.1) is 0 Å². The molecule has 0 spiro atoms. The molecule has 0 aliphatic carbocycles. The molecule has 0 aromatic heterocycles. The van der Waals surface area contributed by atoms with E-state index in [0.717, 1.165) is 0 Å². The first kappa shape index (κ1) is 33.3. The maximum Gasteiger partial charge on any atom is 0.504 e. The molecule has 0 atom stereocenters. The van der Waals surface area contributed by atoms with Gasteiger partial charge in [0.1, 0.15) is 0 Å². The minimum atomic E-state index is -3.23. The zero-order valence-corrected chi connectivity index (χ0v) is 25.5. The first-order chi connectivity index (χ1) is 15.9.